The molecule has 0 bridgehead atoms. The molecule has 19 heavy (non-hydrogen) atoms. The first kappa shape index (κ1) is 13.1. The summed E-state index contributed by atoms with van der Waals surface area (Å²) in [5.74, 6) is 0.377. The van der Waals surface area contributed by atoms with Crippen molar-refractivity contribution in [2.75, 3.05) is 13.6 Å². The average molecular weight is 294 g/mol. The van der Waals surface area contributed by atoms with Gasteiger partial charge in [0.05, 0.1) is 6.61 Å². The lowest BCUT2D eigenvalue weighted by atomic mass is 9.88. The highest BCUT2D eigenvalue weighted by molar-refractivity contribution is 7.12. The molecule has 0 fully saturated rings. The molecule has 2 nitrogen and oxygen atoms in total. The minimum absolute atomic E-state index is 0.134. The van der Waals surface area contributed by atoms with Crippen LogP contribution in [0.15, 0.2) is 30.3 Å². The Bertz CT molecular complexity index is 578. The van der Waals surface area contributed by atoms with Crippen molar-refractivity contribution >= 4 is 22.9 Å². The van der Waals surface area contributed by atoms with Gasteiger partial charge < -0.3 is 10.0 Å². The smallest absolute Gasteiger partial charge is 0.0774 e. The van der Waals surface area contributed by atoms with Gasteiger partial charge in [-0.05, 0) is 36.4 Å². The number of hydrogen-bond acceptors (Lipinski definition) is 3. The van der Waals surface area contributed by atoms with Crippen LogP contribution in [0.5, 0.6) is 0 Å². The summed E-state index contributed by atoms with van der Waals surface area (Å²) in [4.78, 5) is 4.76. The normalized spacial score (nSPS) is 19.4. The van der Waals surface area contributed by atoms with Crippen LogP contribution < -0.4 is 0 Å². The quantitative estimate of drug-likeness (QED) is 0.916. The fourth-order valence-electron chi connectivity index (χ4n) is 2.70. The van der Waals surface area contributed by atoms with Crippen molar-refractivity contribution in [2.24, 2.45) is 0 Å². The van der Waals surface area contributed by atoms with E-state index in [2.05, 4.69) is 30.1 Å². The Kier molecular flexibility index (Phi) is 3.63. The van der Waals surface area contributed by atoms with Gasteiger partial charge in [0.2, 0.25) is 0 Å². The number of halogens is 1. The van der Waals surface area contributed by atoms with Crippen LogP contribution in [0.1, 0.15) is 26.8 Å². The highest BCUT2D eigenvalue weighted by Gasteiger charge is 2.26. The fourth-order valence-corrected chi connectivity index (χ4v) is 3.99. The number of nitrogens with zero attached hydrogens (tertiary/aromatic N) is 1. The van der Waals surface area contributed by atoms with Gasteiger partial charge in [-0.3, -0.25) is 0 Å². The Hall–Kier alpha value is -0.870. The lowest BCUT2D eigenvalue weighted by molar-refractivity contribution is 0.285. The van der Waals surface area contributed by atoms with Crippen LogP contribution in [-0.4, -0.2) is 23.6 Å². The Labute approximate surface area is 122 Å². The maximum atomic E-state index is 9.33. The van der Waals surface area contributed by atoms with Gasteiger partial charge in [-0.2, -0.15) is 0 Å². The Morgan fingerprint density at radius 3 is 2.79 bits per heavy atom. The summed E-state index contributed by atoms with van der Waals surface area (Å²) in [5.41, 5.74) is 2.66. The molecule has 2 heterocycles. The highest BCUT2D eigenvalue weighted by Crippen LogP contribution is 2.38. The number of fused-ring (bicyclic) bond motifs is 1. The van der Waals surface area contributed by atoms with E-state index in [9.17, 15) is 5.11 Å². The molecule has 0 radical (unpaired) electrons. The Morgan fingerprint density at radius 1 is 1.37 bits per heavy atom. The van der Waals surface area contributed by atoms with Gasteiger partial charge in [-0.25, -0.2) is 0 Å². The van der Waals surface area contributed by atoms with E-state index in [1.54, 1.807) is 11.3 Å². The minimum Gasteiger partial charge on any atom is -0.391 e. The van der Waals surface area contributed by atoms with Gasteiger partial charge in [-0.15, -0.1) is 11.3 Å². The van der Waals surface area contributed by atoms with Crippen molar-refractivity contribution < 1.29 is 5.11 Å². The minimum atomic E-state index is 0.134. The molecule has 0 saturated heterocycles. The molecule has 1 aromatic heterocycles. The van der Waals surface area contributed by atoms with Crippen LogP contribution in [0.3, 0.4) is 0 Å². The topological polar surface area (TPSA) is 23.5 Å². The van der Waals surface area contributed by atoms with E-state index in [4.69, 9.17) is 11.6 Å². The SMILES string of the molecule is CN1Cc2sc(CO)cc2C(c2ccc(Cl)cc2)C1. The van der Waals surface area contributed by atoms with Crippen LogP contribution in [0, 0.1) is 0 Å². The second kappa shape index (κ2) is 5.25. The number of aliphatic hydroxyl groups is 1. The van der Waals surface area contributed by atoms with E-state index in [0.717, 1.165) is 23.0 Å². The summed E-state index contributed by atoms with van der Waals surface area (Å²) in [6.45, 7) is 2.12. The number of thiophene rings is 1. The first-order valence-corrected chi connectivity index (χ1v) is 7.53. The summed E-state index contributed by atoms with van der Waals surface area (Å²) >= 11 is 7.69. The molecular formula is C15H16ClNOS. The van der Waals surface area contributed by atoms with E-state index in [1.807, 2.05) is 12.1 Å². The van der Waals surface area contributed by atoms with E-state index in [0.29, 0.717) is 5.92 Å². The second-order valence-electron chi connectivity index (χ2n) is 5.05. The molecule has 100 valence electrons. The van der Waals surface area contributed by atoms with Crippen LogP contribution in [0.4, 0.5) is 0 Å². The van der Waals surface area contributed by atoms with Gasteiger partial charge in [0.25, 0.3) is 0 Å². The largest absolute Gasteiger partial charge is 0.391 e. The number of aliphatic hydroxyl groups excluding tert-OH is 1. The predicted molar refractivity (Wildman–Crippen MR) is 79.9 cm³/mol. The molecule has 0 saturated carbocycles. The molecule has 1 atom stereocenters. The molecule has 4 heteroatoms. The number of benzene rings is 1. The van der Waals surface area contributed by atoms with Gasteiger partial charge in [0, 0.05) is 33.8 Å². The summed E-state index contributed by atoms with van der Waals surface area (Å²) in [6.07, 6.45) is 0. The lowest BCUT2D eigenvalue weighted by Gasteiger charge is -2.30. The van der Waals surface area contributed by atoms with Crippen LogP contribution in [0.25, 0.3) is 0 Å². The molecule has 1 aromatic carbocycles. The molecule has 0 amide bonds. The van der Waals surface area contributed by atoms with Crippen molar-refractivity contribution in [3.8, 4) is 0 Å². The van der Waals surface area contributed by atoms with E-state index < -0.39 is 0 Å². The maximum Gasteiger partial charge on any atom is 0.0774 e. The average Bonchev–Trinajstić information content (AvgIpc) is 2.81. The zero-order chi connectivity index (χ0) is 13.4. The predicted octanol–water partition coefficient (Wildman–Crippen LogP) is 3.47. The number of rotatable bonds is 2. The van der Waals surface area contributed by atoms with Crippen molar-refractivity contribution in [3.05, 3.63) is 56.2 Å². The van der Waals surface area contributed by atoms with Gasteiger partial charge >= 0.3 is 0 Å². The standard InChI is InChI=1S/C15H16ClNOS/c1-17-7-14(10-2-4-11(16)5-3-10)13-6-12(9-18)19-15(13)8-17/h2-6,14,18H,7-9H2,1H3. The van der Waals surface area contributed by atoms with Gasteiger partial charge in [0.15, 0.2) is 0 Å². The summed E-state index contributed by atoms with van der Waals surface area (Å²) in [6, 6.07) is 10.3. The lowest BCUT2D eigenvalue weighted by Crippen LogP contribution is -2.29. The zero-order valence-electron chi connectivity index (χ0n) is 10.8. The molecule has 1 aliphatic heterocycles. The van der Waals surface area contributed by atoms with E-state index in [1.165, 1.54) is 16.0 Å². The summed E-state index contributed by atoms with van der Waals surface area (Å²) in [5, 5.41) is 10.1. The van der Waals surface area contributed by atoms with Crippen molar-refractivity contribution in [3.63, 3.8) is 0 Å². The van der Waals surface area contributed by atoms with Crippen LogP contribution >= 0.6 is 22.9 Å². The third kappa shape index (κ3) is 2.56. The second-order valence-corrected chi connectivity index (χ2v) is 6.71. The monoisotopic (exact) mass is 293 g/mol. The molecule has 1 N–H and O–H groups in total. The van der Waals surface area contributed by atoms with E-state index in [-0.39, 0.29) is 6.61 Å². The van der Waals surface area contributed by atoms with Crippen molar-refractivity contribution in [2.45, 2.75) is 19.1 Å². The molecule has 0 spiro atoms. The van der Waals surface area contributed by atoms with Crippen LogP contribution in [0.2, 0.25) is 5.02 Å². The number of hydrogen-bond donors (Lipinski definition) is 1. The first-order valence-electron chi connectivity index (χ1n) is 6.33. The van der Waals surface area contributed by atoms with Gasteiger partial charge in [0.1, 0.15) is 0 Å². The zero-order valence-corrected chi connectivity index (χ0v) is 12.3. The highest BCUT2D eigenvalue weighted by atomic mass is 35.5. The molecule has 1 aliphatic rings. The van der Waals surface area contributed by atoms with Gasteiger partial charge in [-0.1, -0.05) is 23.7 Å². The van der Waals surface area contributed by atoms with Crippen molar-refractivity contribution in [1.29, 1.82) is 0 Å². The molecule has 2 aromatic rings. The molecule has 3 rings (SSSR count). The third-order valence-corrected chi connectivity index (χ3v) is 4.98. The Balaban J connectivity index is 2.02. The molecule has 0 aliphatic carbocycles. The van der Waals surface area contributed by atoms with Crippen molar-refractivity contribution in [1.82, 2.24) is 4.90 Å². The van der Waals surface area contributed by atoms with Crippen LogP contribution in [-0.2, 0) is 13.2 Å². The summed E-state index contributed by atoms with van der Waals surface area (Å²) < 4.78 is 0. The molecule has 1 unspecified atom stereocenters. The maximum absolute atomic E-state index is 9.33. The van der Waals surface area contributed by atoms with E-state index >= 15 is 0 Å². The third-order valence-electron chi connectivity index (χ3n) is 3.60. The number of likely N-dealkylation sites (N-methyl/N-ethyl adjacent to an activating group) is 1. The Morgan fingerprint density at radius 2 is 2.11 bits per heavy atom. The summed E-state index contributed by atoms with van der Waals surface area (Å²) in [7, 11) is 2.14. The fraction of sp³-hybridized carbons (Fsp3) is 0.333. The molecular weight excluding hydrogens is 278 g/mol. The first-order chi connectivity index (χ1) is 9.17.